The molecule has 4 heterocycles. The zero-order valence-electron chi connectivity index (χ0n) is 16.4. The van der Waals surface area contributed by atoms with Crippen molar-refractivity contribution in [2.75, 3.05) is 39.4 Å². The van der Waals surface area contributed by atoms with Gasteiger partial charge in [-0.1, -0.05) is 0 Å². The number of amides is 1. The summed E-state index contributed by atoms with van der Waals surface area (Å²) in [5.41, 5.74) is -1.48. The lowest BCUT2D eigenvalue weighted by atomic mass is 10.0. The van der Waals surface area contributed by atoms with E-state index in [0.717, 1.165) is 35.8 Å². The zero-order valence-corrected chi connectivity index (χ0v) is 18.0. The third-order valence-corrected chi connectivity index (χ3v) is 7.12. The Morgan fingerprint density at radius 3 is 2.60 bits per heavy atom. The summed E-state index contributed by atoms with van der Waals surface area (Å²) >= 11 is 6.91. The fourth-order valence-electron chi connectivity index (χ4n) is 3.85. The van der Waals surface area contributed by atoms with Crippen LogP contribution in [0.5, 0.6) is 0 Å². The molecule has 6 nitrogen and oxygen atoms in total. The van der Waals surface area contributed by atoms with Gasteiger partial charge < -0.3 is 9.64 Å². The highest BCUT2D eigenvalue weighted by molar-refractivity contribution is 7.16. The Morgan fingerprint density at radius 1 is 1.27 bits per heavy atom. The quantitative estimate of drug-likeness (QED) is 0.648. The van der Waals surface area contributed by atoms with Gasteiger partial charge in [0, 0.05) is 37.3 Å². The minimum absolute atomic E-state index is 0.181. The average Bonchev–Trinajstić information content (AvgIpc) is 3.20. The molecule has 0 N–H and O–H groups in total. The molecule has 162 valence electrons. The third-order valence-electron chi connectivity index (χ3n) is 5.48. The van der Waals surface area contributed by atoms with Crippen LogP contribution in [0, 0.1) is 0 Å². The van der Waals surface area contributed by atoms with Crippen molar-refractivity contribution in [2.24, 2.45) is 0 Å². The Hall–Kier alpha value is -1.75. The van der Waals surface area contributed by atoms with Gasteiger partial charge in [0.1, 0.15) is 5.56 Å². The number of fused-ring (bicyclic) bond motifs is 1. The molecule has 1 saturated heterocycles. The number of hydrogen-bond donors (Lipinski definition) is 0. The van der Waals surface area contributed by atoms with Crippen LogP contribution in [0.3, 0.4) is 0 Å². The van der Waals surface area contributed by atoms with E-state index >= 15 is 0 Å². The second kappa shape index (κ2) is 7.74. The van der Waals surface area contributed by atoms with Crippen molar-refractivity contribution in [3.63, 3.8) is 0 Å². The molecule has 11 heteroatoms. The first-order valence-corrected chi connectivity index (χ1v) is 10.6. The van der Waals surface area contributed by atoms with E-state index < -0.39 is 17.3 Å². The maximum Gasteiger partial charge on any atom is 0.420 e. The van der Waals surface area contributed by atoms with E-state index in [-0.39, 0.29) is 21.8 Å². The normalized spacial score (nSPS) is 19.4. The van der Waals surface area contributed by atoms with Crippen LogP contribution in [0.4, 0.5) is 13.2 Å². The molecular formula is C19H20ClF3N4O2S. The fourth-order valence-corrected chi connectivity index (χ4v) is 5.24. The zero-order chi connectivity index (χ0) is 21.7. The van der Waals surface area contributed by atoms with Crippen molar-refractivity contribution in [2.45, 2.75) is 25.6 Å². The van der Waals surface area contributed by atoms with Gasteiger partial charge in [-0.2, -0.15) is 13.2 Å². The molecule has 2 aromatic rings. The van der Waals surface area contributed by atoms with Crippen molar-refractivity contribution < 1.29 is 22.7 Å². The Balaban J connectivity index is 1.63. The van der Waals surface area contributed by atoms with Gasteiger partial charge in [0.2, 0.25) is 5.28 Å². The molecule has 0 atom stereocenters. The molecule has 0 aliphatic carbocycles. The highest BCUT2D eigenvalue weighted by atomic mass is 35.5. The highest BCUT2D eigenvalue weighted by Crippen LogP contribution is 2.47. The lowest BCUT2D eigenvalue weighted by Crippen LogP contribution is -2.46. The van der Waals surface area contributed by atoms with Crippen LogP contribution >= 0.6 is 22.9 Å². The number of morpholine rings is 1. The summed E-state index contributed by atoms with van der Waals surface area (Å²) in [4.78, 5) is 25.4. The molecule has 30 heavy (non-hydrogen) atoms. The van der Waals surface area contributed by atoms with Crippen molar-refractivity contribution in [1.29, 1.82) is 0 Å². The monoisotopic (exact) mass is 460 g/mol. The number of carbonyl (C=O) groups is 1. The first-order chi connectivity index (χ1) is 14.1. The summed E-state index contributed by atoms with van der Waals surface area (Å²) < 4.78 is 45.6. The number of aromatic nitrogens is 2. The van der Waals surface area contributed by atoms with E-state index in [1.54, 1.807) is 4.90 Å². The second-order valence-electron chi connectivity index (χ2n) is 7.72. The van der Waals surface area contributed by atoms with Gasteiger partial charge in [-0.25, -0.2) is 9.97 Å². The summed E-state index contributed by atoms with van der Waals surface area (Å²) in [6.45, 7) is 8.08. The van der Waals surface area contributed by atoms with Gasteiger partial charge >= 0.3 is 6.18 Å². The SMILES string of the molecule is CC1(C)c2sc(-c3nc(Cl)ncc3C(F)(F)F)cc2C(=O)N1CCN1CCOCC1. The first-order valence-electron chi connectivity index (χ1n) is 9.45. The van der Waals surface area contributed by atoms with Gasteiger partial charge in [0.05, 0.1) is 34.9 Å². The number of nitrogens with zero attached hydrogens (tertiary/aromatic N) is 4. The van der Waals surface area contributed by atoms with E-state index in [9.17, 15) is 18.0 Å². The topological polar surface area (TPSA) is 58.6 Å². The van der Waals surface area contributed by atoms with Crippen LogP contribution in [0.1, 0.15) is 34.6 Å². The van der Waals surface area contributed by atoms with Crippen molar-refractivity contribution in [3.8, 4) is 10.6 Å². The molecule has 0 radical (unpaired) electrons. The summed E-state index contributed by atoms with van der Waals surface area (Å²) in [5.74, 6) is -0.181. The fraction of sp³-hybridized carbons (Fsp3) is 0.526. The van der Waals surface area contributed by atoms with E-state index in [4.69, 9.17) is 16.3 Å². The number of ether oxygens (including phenoxy) is 1. The number of rotatable bonds is 4. The van der Waals surface area contributed by atoms with E-state index in [1.807, 2.05) is 13.8 Å². The van der Waals surface area contributed by atoms with Crippen molar-refractivity contribution in [3.05, 3.63) is 33.6 Å². The van der Waals surface area contributed by atoms with Gasteiger partial charge in [-0.05, 0) is 31.5 Å². The molecule has 0 spiro atoms. The van der Waals surface area contributed by atoms with Gasteiger partial charge in [0.15, 0.2) is 0 Å². The molecule has 2 aliphatic rings. The molecule has 1 amide bonds. The van der Waals surface area contributed by atoms with E-state index in [1.165, 1.54) is 6.07 Å². The largest absolute Gasteiger partial charge is 0.420 e. The highest BCUT2D eigenvalue weighted by Gasteiger charge is 2.45. The smallest absolute Gasteiger partial charge is 0.379 e. The van der Waals surface area contributed by atoms with Crippen LogP contribution in [-0.2, 0) is 16.5 Å². The predicted molar refractivity (Wildman–Crippen MR) is 107 cm³/mol. The first kappa shape index (κ1) is 21.5. The van der Waals surface area contributed by atoms with Crippen LogP contribution in [0.15, 0.2) is 12.3 Å². The van der Waals surface area contributed by atoms with Crippen LogP contribution in [0.25, 0.3) is 10.6 Å². The minimum Gasteiger partial charge on any atom is -0.379 e. The summed E-state index contributed by atoms with van der Waals surface area (Å²) in [6, 6.07) is 1.49. The Bertz CT molecular complexity index is 973. The molecule has 2 aliphatic heterocycles. The molecule has 0 unspecified atom stereocenters. The maximum atomic E-state index is 13.4. The summed E-state index contributed by atoms with van der Waals surface area (Å²) in [7, 11) is 0. The number of alkyl halides is 3. The van der Waals surface area contributed by atoms with Crippen LogP contribution < -0.4 is 0 Å². The minimum atomic E-state index is -4.63. The maximum absolute atomic E-state index is 13.4. The van der Waals surface area contributed by atoms with Gasteiger partial charge in [0.25, 0.3) is 5.91 Å². The molecule has 2 aromatic heterocycles. The Morgan fingerprint density at radius 2 is 1.97 bits per heavy atom. The van der Waals surface area contributed by atoms with Gasteiger partial charge in [-0.15, -0.1) is 11.3 Å². The molecule has 1 fully saturated rings. The average molecular weight is 461 g/mol. The Labute approximate surface area is 180 Å². The van der Waals surface area contributed by atoms with Crippen molar-refractivity contribution >= 4 is 28.8 Å². The molecular weight excluding hydrogens is 441 g/mol. The molecule has 0 bridgehead atoms. The third kappa shape index (κ3) is 3.81. The van der Waals surface area contributed by atoms with Crippen LogP contribution in [0.2, 0.25) is 5.28 Å². The number of thiophene rings is 1. The second-order valence-corrected chi connectivity index (χ2v) is 9.11. The predicted octanol–water partition coefficient (Wildman–Crippen LogP) is 3.90. The summed E-state index contributed by atoms with van der Waals surface area (Å²) in [6.07, 6.45) is -3.95. The molecule has 0 saturated carbocycles. The van der Waals surface area contributed by atoms with Crippen LogP contribution in [-0.4, -0.2) is 65.1 Å². The molecule has 0 aromatic carbocycles. The van der Waals surface area contributed by atoms with E-state index in [2.05, 4.69) is 14.9 Å². The summed E-state index contributed by atoms with van der Waals surface area (Å²) in [5, 5.41) is -0.274. The van der Waals surface area contributed by atoms with E-state index in [0.29, 0.717) is 31.5 Å². The number of carbonyl (C=O) groups excluding carboxylic acids is 1. The lowest BCUT2D eigenvalue weighted by Gasteiger charge is -2.35. The standard InChI is InChI=1S/C19H20ClF3N4O2S/c1-18(2)15-11(16(28)27(18)4-3-26-5-7-29-8-6-26)9-13(30-15)14-12(19(21,22)23)10-24-17(20)25-14/h9-10H,3-8H2,1-2H3. The van der Waals surface area contributed by atoms with Crippen molar-refractivity contribution in [1.82, 2.24) is 19.8 Å². The molecule has 4 rings (SSSR count). The number of halogens is 4. The van der Waals surface area contributed by atoms with Gasteiger partial charge in [-0.3, -0.25) is 9.69 Å². The Kier molecular flexibility index (Phi) is 5.54. The number of hydrogen-bond acceptors (Lipinski definition) is 6. The lowest BCUT2D eigenvalue weighted by molar-refractivity contribution is -0.137.